The van der Waals surface area contributed by atoms with E-state index in [1.807, 2.05) is 0 Å². The Morgan fingerprint density at radius 3 is 2.71 bits per heavy atom. The largest absolute Gasteiger partial charge is 0.465 e. The number of carbonyl (C=O) groups is 3. The zero-order valence-corrected chi connectivity index (χ0v) is 16.6. The lowest BCUT2D eigenvalue weighted by atomic mass is 9.95. The third kappa shape index (κ3) is 4.22. The van der Waals surface area contributed by atoms with E-state index in [1.54, 1.807) is 25.3 Å². The summed E-state index contributed by atoms with van der Waals surface area (Å²) in [5.41, 5.74) is 1.65. The fourth-order valence-corrected chi connectivity index (χ4v) is 4.45. The van der Waals surface area contributed by atoms with E-state index in [4.69, 9.17) is 9.47 Å². The summed E-state index contributed by atoms with van der Waals surface area (Å²) in [5, 5.41) is 3.23. The van der Waals surface area contributed by atoms with E-state index >= 15 is 0 Å². The molecule has 0 saturated heterocycles. The Bertz CT molecular complexity index is 878. The second-order valence-corrected chi connectivity index (χ2v) is 7.54. The zero-order chi connectivity index (χ0) is 20.1. The third-order valence-corrected chi connectivity index (χ3v) is 5.81. The molecule has 0 saturated carbocycles. The van der Waals surface area contributed by atoms with Crippen LogP contribution in [-0.4, -0.2) is 36.0 Å². The van der Waals surface area contributed by atoms with E-state index in [1.165, 1.54) is 24.6 Å². The Kier molecular flexibility index (Phi) is 6.41. The number of ether oxygens (including phenoxy) is 2. The number of nitrogens with one attached hydrogen (secondary N) is 1. The number of nitrogens with zero attached hydrogens (tertiary/aromatic N) is 1. The number of fused-ring (bicyclic) bond motifs is 1. The molecule has 2 aromatic heterocycles. The highest BCUT2D eigenvalue weighted by Crippen LogP contribution is 2.38. The number of anilines is 1. The van der Waals surface area contributed by atoms with E-state index in [2.05, 4.69) is 10.3 Å². The highest BCUT2D eigenvalue weighted by Gasteiger charge is 2.29. The second-order valence-electron chi connectivity index (χ2n) is 6.44. The van der Waals surface area contributed by atoms with Crippen LogP contribution in [-0.2, 0) is 27.1 Å². The lowest BCUT2D eigenvalue weighted by molar-refractivity contribution is -0.124. The average Bonchev–Trinajstić information content (AvgIpc) is 3.09. The van der Waals surface area contributed by atoms with Crippen molar-refractivity contribution in [2.24, 2.45) is 0 Å². The topological polar surface area (TPSA) is 94.6 Å². The maximum Gasteiger partial charge on any atom is 0.341 e. The summed E-state index contributed by atoms with van der Waals surface area (Å²) in [6.45, 7) is 1.75. The molecule has 0 spiro atoms. The molecule has 2 aromatic rings. The Morgan fingerprint density at radius 2 is 2.04 bits per heavy atom. The molecular formula is C20H22N2O5S. The van der Waals surface area contributed by atoms with E-state index < -0.39 is 23.9 Å². The Balaban J connectivity index is 1.78. The van der Waals surface area contributed by atoms with Crippen molar-refractivity contribution in [1.29, 1.82) is 0 Å². The summed E-state index contributed by atoms with van der Waals surface area (Å²) in [4.78, 5) is 42.2. The molecule has 0 bridgehead atoms. The van der Waals surface area contributed by atoms with Gasteiger partial charge >= 0.3 is 11.9 Å². The molecule has 1 amide bonds. The molecule has 0 radical (unpaired) electrons. The van der Waals surface area contributed by atoms with Crippen molar-refractivity contribution in [2.75, 3.05) is 12.4 Å². The first kappa shape index (κ1) is 20.0. The minimum absolute atomic E-state index is 0.274. The first-order chi connectivity index (χ1) is 13.5. The van der Waals surface area contributed by atoms with Crippen LogP contribution in [0.5, 0.6) is 0 Å². The number of aryl methyl sites for hydroxylation is 1. The average molecular weight is 402 g/mol. The van der Waals surface area contributed by atoms with Gasteiger partial charge in [-0.15, -0.1) is 11.3 Å². The minimum Gasteiger partial charge on any atom is -0.465 e. The molecule has 2 heterocycles. The molecule has 0 aliphatic heterocycles. The summed E-state index contributed by atoms with van der Waals surface area (Å²) < 4.78 is 10.3. The molecule has 0 fully saturated rings. The summed E-state index contributed by atoms with van der Waals surface area (Å²) in [7, 11) is 1.32. The number of thiophene rings is 1. The van der Waals surface area contributed by atoms with Gasteiger partial charge in [0.2, 0.25) is 0 Å². The van der Waals surface area contributed by atoms with Gasteiger partial charge in [0.15, 0.2) is 6.10 Å². The number of methoxy groups -OCH3 is 1. The Labute approximate surface area is 167 Å². The van der Waals surface area contributed by atoms with Crippen molar-refractivity contribution < 1.29 is 23.9 Å². The molecule has 148 valence electrons. The third-order valence-electron chi connectivity index (χ3n) is 4.61. The molecule has 7 nitrogen and oxygen atoms in total. The van der Waals surface area contributed by atoms with Crippen LogP contribution in [0, 0.1) is 0 Å². The van der Waals surface area contributed by atoms with Crippen molar-refractivity contribution >= 4 is 34.2 Å². The molecule has 3 rings (SSSR count). The van der Waals surface area contributed by atoms with Gasteiger partial charge in [0, 0.05) is 17.3 Å². The van der Waals surface area contributed by atoms with Gasteiger partial charge in [-0.1, -0.05) is 6.92 Å². The van der Waals surface area contributed by atoms with E-state index in [0.717, 1.165) is 36.1 Å². The van der Waals surface area contributed by atoms with E-state index in [0.29, 0.717) is 17.0 Å². The number of hydrogen-bond acceptors (Lipinski definition) is 7. The molecule has 1 aliphatic rings. The van der Waals surface area contributed by atoms with Crippen LogP contribution in [0.3, 0.4) is 0 Å². The van der Waals surface area contributed by atoms with Gasteiger partial charge in [-0.2, -0.15) is 0 Å². The van der Waals surface area contributed by atoms with Gasteiger partial charge in [0.05, 0.1) is 18.2 Å². The number of amides is 1. The number of carbonyl (C=O) groups excluding carboxylic acids is 3. The van der Waals surface area contributed by atoms with Crippen LogP contribution in [0.25, 0.3) is 0 Å². The highest BCUT2D eigenvalue weighted by molar-refractivity contribution is 7.17. The monoisotopic (exact) mass is 402 g/mol. The summed E-state index contributed by atoms with van der Waals surface area (Å²) in [6.07, 6.45) is 5.99. The zero-order valence-electron chi connectivity index (χ0n) is 15.8. The van der Waals surface area contributed by atoms with Crippen molar-refractivity contribution in [2.45, 2.75) is 45.1 Å². The first-order valence-electron chi connectivity index (χ1n) is 9.19. The number of aromatic nitrogens is 1. The molecular weight excluding hydrogens is 380 g/mol. The first-order valence-corrected chi connectivity index (χ1v) is 10.0. The molecule has 8 heteroatoms. The van der Waals surface area contributed by atoms with Crippen molar-refractivity contribution in [1.82, 2.24) is 4.98 Å². The van der Waals surface area contributed by atoms with Crippen LogP contribution < -0.4 is 5.32 Å². The van der Waals surface area contributed by atoms with Gasteiger partial charge in [-0.05, 0) is 49.8 Å². The molecule has 1 atom stereocenters. The van der Waals surface area contributed by atoms with Crippen molar-refractivity contribution in [3.05, 3.63) is 46.1 Å². The lowest BCUT2D eigenvalue weighted by Gasteiger charge is -2.16. The molecule has 28 heavy (non-hydrogen) atoms. The standard InChI is InChI=1S/C20H22N2O5S/c1-3-14(27-19(24)12-7-6-10-21-11-12)17(23)22-18-16(20(25)26-2)13-8-4-5-9-15(13)28-18/h6-7,10-11,14H,3-5,8-9H2,1-2H3,(H,22,23). The second kappa shape index (κ2) is 8.97. The number of pyridine rings is 1. The summed E-state index contributed by atoms with van der Waals surface area (Å²) >= 11 is 1.39. The van der Waals surface area contributed by atoms with Crippen LogP contribution in [0.15, 0.2) is 24.5 Å². The summed E-state index contributed by atoms with van der Waals surface area (Å²) in [5.74, 6) is -1.55. The molecule has 0 aromatic carbocycles. The molecule has 1 N–H and O–H groups in total. The normalized spacial score (nSPS) is 13.9. The maximum atomic E-state index is 12.7. The predicted octanol–water partition coefficient (Wildman–Crippen LogP) is 3.38. The molecule has 1 unspecified atom stereocenters. The Hall–Kier alpha value is -2.74. The van der Waals surface area contributed by atoms with Crippen LogP contribution in [0.2, 0.25) is 0 Å². The van der Waals surface area contributed by atoms with Crippen molar-refractivity contribution in [3.8, 4) is 0 Å². The number of rotatable bonds is 6. The fraction of sp³-hybridized carbons (Fsp3) is 0.400. The van der Waals surface area contributed by atoms with E-state index in [9.17, 15) is 14.4 Å². The summed E-state index contributed by atoms with van der Waals surface area (Å²) in [6, 6.07) is 3.19. The number of esters is 2. The lowest BCUT2D eigenvalue weighted by Crippen LogP contribution is -2.32. The highest BCUT2D eigenvalue weighted by atomic mass is 32.1. The fourth-order valence-electron chi connectivity index (χ4n) is 3.17. The Morgan fingerprint density at radius 1 is 1.25 bits per heavy atom. The van der Waals surface area contributed by atoms with E-state index in [-0.39, 0.29) is 5.56 Å². The van der Waals surface area contributed by atoms with Crippen molar-refractivity contribution in [3.63, 3.8) is 0 Å². The van der Waals surface area contributed by atoms with Gasteiger partial charge in [-0.3, -0.25) is 9.78 Å². The van der Waals surface area contributed by atoms with Gasteiger partial charge < -0.3 is 14.8 Å². The van der Waals surface area contributed by atoms with Gasteiger partial charge in [-0.25, -0.2) is 9.59 Å². The maximum absolute atomic E-state index is 12.7. The van der Waals surface area contributed by atoms with Gasteiger partial charge in [0.25, 0.3) is 5.91 Å². The van der Waals surface area contributed by atoms with Crippen LogP contribution in [0.1, 0.15) is 57.3 Å². The van der Waals surface area contributed by atoms with Gasteiger partial charge in [0.1, 0.15) is 5.00 Å². The number of hydrogen-bond donors (Lipinski definition) is 1. The smallest absolute Gasteiger partial charge is 0.341 e. The minimum atomic E-state index is -0.975. The quantitative estimate of drug-likeness (QED) is 0.745. The predicted molar refractivity (Wildman–Crippen MR) is 105 cm³/mol. The van der Waals surface area contributed by atoms with Crippen LogP contribution in [0.4, 0.5) is 5.00 Å². The van der Waals surface area contributed by atoms with Crippen LogP contribution >= 0.6 is 11.3 Å². The SMILES string of the molecule is CCC(OC(=O)c1cccnc1)C(=O)Nc1sc2c(c1C(=O)OC)CCCC2. The molecule has 1 aliphatic carbocycles.